The van der Waals surface area contributed by atoms with Crippen LogP contribution in [-0.2, 0) is 16.9 Å². The van der Waals surface area contributed by atoms with Gasteiger partial charge >= 0.3 is 0 Å². The number of rotatable bonds is 7. The number of guanidine groups is 1. The fourth-order valence-electron chi connectivity index (χ4n) is 3.95. The Morgan fingerprint density at radius 1 is 1.00 bits per heavy atom. The quantitative estimate of drug-likeness (QED) is 0.508. The average molecular weight is 425 g/mol. The Bertz CT molecular complexity index is 1120. The van der Waals surface area contributed by atoms with E-state index < -0.39 is 5.54 Å². The summed E-state index contributed by atoms with van der Waals surface area (Å²) in [5.74, 6) is -0.429. The van der Waals surface area contributed by atoms with Crippen LogP contribution in [-0.4, -0.2) is 29.2 Å². The van der Waals surface area contributed by atoms with Gasteiger partial charge in [-0.05, 0) is 28.8 Å². The van der Waals surface area contributed by atoms with Gasteiger partial charge in [0.25, 0.3) is 11.8 Å². The first kappa shape index (κ1) is 21.1. The first-order chi connectivity index (χ1) is 15.6. The molecule has 1 aliphatic rings. The maximum Gasteiger partial charge on any atom is 0.264 e. The van der Waals surface area contributed by atoms with Crippen molar-refractivity contribution in [1.29, 1.82) is 5.41 Å². The van der Waals surface area contributed by atoms with Crippen LogP contribution < -0.4 is 10.6 Å². The zero-order valence-corrected chi connectivity index (χ0v) is 17.5. The van der Waals surface area contributed by atoms with Crippen molar-refractivity contribution in [3.63, 3.8) is 0 Å². The lowest BCUT2D eigenvalue weighted by Crippen LogP contribution is -2.45. The molecule has 1 fully saturated rings. The second kappa shape index (κ2) is 8.89. The molecule has 0 bridgehead atoms. The molecule has 6 heteroatoms. The van der Waals surface area contributed by atoms with E-state index in [9.17, 15) is 9.59 Å². The molecule has 0 atom stereocenters. The van der Waals surface area contributed by atoms with Crippen LogP contribution in [0.15, 0.2) is 97.6 Å². The van der Waals surface area contributed by atoms with Crippen LogP contribution in [0.5, 0.6) is 0 Å². The maximum atomic E-state index is 13.8. The van der Waals surface area contributed by atoms with Gasteiger partial charge in [-0.2, -0.15) is 0 Å². The summed E-state index contributed by atoms with van der Waals surface area (Å²) in [6.07, 6.45) is 1.62. The lowest BCUT2D eigenvalue weighted by atomic mass is 9.82. The van der Waals surface area contributed by atoms with E-state index in [0.717, 1.165) is 16.7 Å². The summed E-state index contributed by atoms with van der Waals surface area (Å²) in [6, 6.07) is 25.9. The fraction of sp³-hybridized carbons (Fsp3) is 0.115. The molecule has 4 rings (SSSR count). The smallest absolute Gasteiger partial charge is 0.264 e. The molecule has 2 amide bonds. The molecule has 1 aliphatic heterocycles. The number of hydrogen-bond acceptors (Lipinski definition) is 3. The van der Waals surface area contributed by atoms with Gasteiger partial charge < -0.3 is 10.6 Å². The molecule has 1 saturated heterocycles. The Hall–Kier alpha value is -4.19. The molecule has 3 aromatic rings. The van der Waals surface area contributed by atoms with E-state index >= 15 is 0 Å². The van der Waals surface area contributed by atoms with Gasteiger partial charge in [-0.25, -0.2) is 0 Å². The van der Waals surface area contributed by atoms with Crippen molar-refractivity contribution >= 4 is 17.8 Å². The second-order valence-electron chi connectivity index (χ2n) is 7.55. The molecule has 32 heavy (non-hydrogen) atoms. The molecule has 3 N–H and O–H groups in total. The predicted octanol–water partition coefficient (Wildman–Crippen LogP) is 3.41. The van der Waals surface area contributed by atoms with Crippen LogP contribution in [0.4, 0.5) is 0 Å². The highest BCUT2D eigenvalue weighted by atomic mass is 16.2. The van der Waals surface area contributed by atoms with Crippen LogP contribution >= 0.6 is 0 Å². The van der Waals surface area contributed by atoms with Crippen molar-refractivity contribution in [2.45, 2.75) is 12.1 Å². The summed E-state index contributed by atoms with van der Waals surface area (Å²) in [5, 5.41) is 14.5. The largest absolute Gasteiger partial charge is 0.349 e. The molecule has 1 heterocycles. The zero-order chi connectivity index (χ0) is 22.6. The van der Waals surface area contributed by atoms with Crippen LogP contribution in [0.3, 0.4) is 0 Å². The molecular formula is C26H24N4O2. The first-order valence-electron chi connectivity index (χ1n) is 10.3. The number of carbonyl (C=O) groups excluding carboxylic acids is 2. The van der Waals surface area contributed by atoms with Crippen molar-refractivity contribution in [1.82, 2.24) is 15.5 Å². The molecule has 0 aromatic heterocycles. The van der Waals surface area contributed by atoms with Crippen molar-refractivity contribution in [2.24, 2.45) is 0 Å². The second-order valence-corrected chi connectivity index (χ2v) is 7.55. The molecule has 0 saturated carbocycles. The minimum absolute atomic E-state index is 0.0178. The number of carbonyl (C=O) groups is 2. The SMILES string of the molecule is C=CCNC(=O)c1cccc(CN2C(=N)NC(c3ccccc3)(c3ccccc3)C2=O)c1. The number of nitrogens with one attached hydrogen (secondary N) is 3. The van der Waals surface area contributed by atoms with E-state index in [1.807, 2.05) is 66.7 Å². The van der Waals surface area contributed by atoms with Gasteiger partial charge in [0.15, 0.2) is 11.5 Å². The summed E-state index contributed by atoms with van der Waals surface area (Å²) < 4.78 is 0. The van der Waals surface area contributed by atoms with E-state index in [0.29, 0.717) is 12.1 Å². The van der Waals surface area contributed by atoms with Crippen LogP contribution in [0.25, 0.3) is 0 Å². The Morgan fingerprint density at radius 2 is 1.62 bits per heavy atom. The predicted molar refractivity (Wildman–Crippen MR) is 124 cm³/mol. The van der Waals surface area contributed by atoms with Gasteiger partial charge in [-0.1, -0.05) is 78.9 Å². The summed E-state index contributed by atoms with van der Waals surface area (Å²) in [6.45, 7) is 4.15. The van der Waals surface area contributed by atoms with Crippen molar-refractivity contribution < 1.29 is 9.59 Å². The van der Waals surface area contributed by atoms with Gasteiger partial charge in [0.2, 0.25) is 0 Å². The van der Waals surface area contributed by atoms with E-state index in [-0.39, 0.29) is 24.3 Å². The highest BCUT2D eigenvalue weighted by molar-refractivity contribution is 6.10. The fourth-order valence-corrected chi connectivity index (χ4v) is 3.95. The molecule has 160 valence electrons. The third kappa shape index (κ3) is 3.78. The minimum Gasteiger partial charge on any atom is -0.349 e. The van der Waals surface area contributed by atoms with Crippen LogP contribution in [0.1, 0.15) is 27.0 Å². The Morgan fingerprint density at radius 3 is 2.22 bits per heavy atom. The molecule has 6 nitrogen and oxygen atoms in total. The monoisotopic (exact) mass is 424 g/mol. The molecule has 0 unspecified atom stereocenters. The van der Waals surface area contributed by atoms with Gasteiger partial charge in [0.05, 0.1) is 6.54 Å². The maximum absolute atomic E-state index is 13.8. The Labute approximate surface area is 187 Å². The molecule has 0 spiro atoms. The molecule has 3 aromatic carbocycles. The molecular weight excluding hydrogens is 400 g/mol. The minimum atomic E-state index is -1.18. The van der Waals surface area contributed by atoms with Crippen LogP contribution in [0, 0.1) is 5.41 Å². The third-order valence-corrected chi connectivity index (χ3v) is 5.49. The normalized spacial score (nSPS) is 14.7. The number of benzene rings is 3. The standard InChI is InChI=1S/C26H24N4O2/c1-2-16-28-23(31)20-11-9-10-19(17-20)18-30-24(32)26(29-25(30)27,21-12-5-3-6-13-21)22-14-7-4-8-15-22/h2-15,17H,1,16,18H2,(H2,27,29)(H,28,31). The highest BCUT2D eigenvalue weighted by Gasteiger charge is 2.52. The molecule has 0 aliphatic carbocycles. The van der Waals surface area contributed by atoms with Crippen molar-refractivity contribution in [3.8, 4) is 0 Å². The van der Waals surface area contributed by atoms with E-state index in [1.54, 1.807) is 24.3 Å². The first-order valence-corrected chi connectivity index (χ1v) is 10.3. The molecule has 0 radical (unpaired) electrons. The number of amides is 2. The van der Waals surface area contributed by atoms with Crippen LogP contribution in [0.2, 0.25) is 0 Å². The van der Waals surface area contributed by atoms with E-state index in [2.05, 4.69) is 17.2 Å². The van der Waals surface area contributed by atoms with Gasteiger partial charge in [0.1, 0.15) is 0 Å². The number of hydrogen-bond donors (Lipinski definition) is 3. The number of nitrogens with zero attached hydrogens (tertiary/aromatic N) is 1. The van der Waals surface area contributed by atoms with Crippen molar-refractivity contribution in [2.75, 3.05) is 6.54 Å². The zero-order valence-electron chi connectivity index (χ0n) is 17.5. The van der Waals surface area contributed by atoms with Gasteiger partial charge in [-0.15, -0.1) is 6.58 Å². The van der Waals surface area contributed by atoms with E-state index in [1.165, 1.54) is 4.90 Å². The topological polar surface area (TPSA) is 85.3 Å². The average Bonchev–Trinajstić information content (AvgIpc) is 3.09. The lowest BCUT2D eigenvalue weighted by molar-refractivity contribution is -0.130. The Kier molecular flexibility index (Phi) is 5.85. The van der Waals surface area contributed by atoms with Gasteiger partial charge in [-0.3, -0.25) is 19.9 Å². The summed E-state index contributed by atoms with van der Waals surface area (Å²) >= 11 is 0. The van der Waals surface area contributed by atoms with Crippen molar-refractivity contribution in [3.05, 3.63) is 120 Å². The lowest BCUT2D eigenvalue weighted by Gasteiger charge is -2.28. The summed E-state index contributed by atoms with van der Waals surface area (Å²) in [4.78, 5) is 27.6. The Balaban J connectivity index is 1.68. The third-order valence-electron chi connectivity index (χ3n) is 5.49. The van der Waals surface area contributed by atoms with Gasteiger partial charge in [0, 0.05) is 12.1 Å². The summed E-state index contributed by atoms with van der Waals surface area (Å²) in [5.41, 5.74) is 1.60. The highest BCUT2D eigenvalue weighted by Crippen LogP contribution is 2.36. The summed E-state index contributed by atoms with van der Waals surface area (Å²) in [7, 11) is 0. The van der Waals surface area contributed by atoms with E-state index in [4.69, 9.17) is 5.41 Å².